The maximum absolute atomic E-state index is 6.31. The van der Waals surface area contributed by atoms with E-state index in [9.17, 15) is 0 Å². The molecule has 6 rings (SSSR count). The molecule has 0 unspecified atom stereocenters. The summed E-state index contributed by atoms with van der Waals surface area (Å²) in [4.78, 5) is 0. The molecule has 3 aromatic carbocycles. The molecule has 0 atom stereocenters. The molecule has 0 fully saturated rings. The topological polar surface area (TPSA) is 40.8 Å². The summed E-state index contributed by atoms with van der Waals surface area (Å²) in [7, 11) is 1.68. The van der Waals surface area contributed by atoms with Crippen molar-refractivity contribution in [1.29, 1.82) is 0 Å². The molecular weight excluding hydrogens is 470 g/mol. The Labute approximate surface area is 194 Å². The third-order valence-corrected chi connectivity index (χ3v) is 6.56. The van der Waals surface area contributed by atoms with Crippen molar-refractivity contribution in [3.63, 3.8) is 0 Å². The number of pyridine rings is 1. The summed E-state index contributed by atoms with van der Waals surface area (Å²) in [6.07, 6.45) is 3.12. The molecule has 1 aromatic heterocycles. The van der Waals surface area contributed by atoms with E-state index >= 15 is 0 Å². The minimum atomic E-state index is 0.286. The number of benzene rings is 3. The Bertz CT molecular complexity index is 1370. The maximum Gasteiger partial charge on any atom is 0.231 e. The van der Waals surface area contributed by atoms with Gasteiger partial charge in [-0.05, 0) is 52.9 Å². The van der Waals surface area contributed by atoms with Gasteiger partial charge in [0.15, 0.2) is 35.7 Å². The first-order chi connectivity index (χ1) is 15.7. The fraction of sp³-hybridized carbons (Fsp3) is 0.192. The van der Waals surface area contributed by atoms with Gasteiger partial charge in [0.1, 0.15) is 6.61 Å². The lowest BCUT2D eigenvalue weighted by Gasteiger charge is -2.18. The highest BCUT2D eigenvalue weighted by Gasteiger charge is 2.28. The Morgan fingerprint density at radius 2 is 1.91 bits per heavy atom. The van der Waals surface area contributed by atoms with Crippen LogP contribution in [0.2, 0.25) is 0 Å². The van der Waals surface area contributed by atoms with Crippen molar-refractivity contribution < 1.29 is 23.5 Å². The molecule has 0 radical (unpaired) electrons. The molecule has 2 aliphatic heterocycles. The summed E-state index contributed by atoms with van der Waals surface area (Å²) in [6, 6.07) is 18.6. The normalized spacial score (nSPS) is 13.6. The Morgan fingerprint density at radius 3 is 2.75 bits per heavy atom. The van der Waals surface area contributed by atoms with E-state index in [1.165, 1.54) is 16.8 Å². The van der Waals surface area contributed by atoms with Gasteiger partial charge in [-0.1, -0.05) is 28.1 Å². The van der Waals surface area contributed by atoms with Crippen molar-refractivity contribution in [3.8, 4) is 34.3 Å². The molecule has 0 amide bonds. The number of hydrogen-bond acceptors (Lipinski definition) is 4. The molecule has 0 bridgehead atoms. The average molecular weight is 491 g/mol. The summed E-state index contributed by atoms with van der Waals surface area (Å²) in [5.41, 5.74) is 4.73. The lowest BCUT2D eigenvalue weighted by Crippen LogP contribution is -2.40. The zero-order valence-electron chi connectivity index (χ0n) is 17.6. The minimum absolute atomic E-state index is 0.286. The summed E-state index contributed by atoms with van der Waals surface area (Å²) >= 11 is 3.53. The predicted octanol–water partition coefficient (Wildman–Crippen LogP) is 5.43. The maximum atomic E-state index is 6.31. The minimum Gasteiger partial charge on any atom is -0.493 e. The van der Waals surface area contributed by atoms with Crippen molar-refractivity contribution >= 4 is 26.7 Å². The van der Waals surface area contributed by atoms with Gasteiger partial charge < -0.3 is 18.9 Å². The molecule has 0 saturated heterocycles. The van der Waals surface area contributed by atoms with E-state index in [0.717, 1.165) is 56.8 Å². The molecular formula is C26H21BrNO4+. The molecule has 6 heteroatoms. The lowest BCUT2D eigenvalue weighted by molar-refractivity contribution is -0.686. The Kier molecular flexibility index (Phi) is 4.68. The monoisotopic (exact) mass is 490 g/mol. The Morgan fingerprint density at radius 1 is 1.03 bits per heavy atom. The van der Waals surface area contributed by atoms with Gasteiger partial charge in [-0.25, -0.2) is 0 Å². The van der Waals surface area contributed by atoms with Crippen LogP contribution >= 0.6 is 15.9 Å². The van der Waals surface area contributed by atoms with E-state index in [0.29, 0.717) is 6.61 Å². The van der Waals surface area contributed by atoms with Gasteiger partial charge >= 0.3 is 0 Å². The number of fused-ring (bicyclic) bond motifs is 5. The lowest BCUT2D eigenvalue weighted by atomic mass is 9.95. The second-order valence-electron chi connectivity index (χ2n) is 7.98. The van der Waals surface area contributed by atoms with E-state index in [1.54, 1.807) is 7.11 Å². The van der Waals surface area contributed by atoms with Gasteiger partial charge in [0.05, 0.1) is 18.1 Å². The van der Waals surface area contributed by atoms with Crippen LogP contribution in [0.25, 0.3) is 22.0 Å². The second kappa shape index (κ2) is 7.71. The predicted molar refractivity (Wildman–Crippen MR) is 124 cm³/mol. The van der Waals surface area contributed by atoms with Gasteiger partial charge in [-0.2, -0.15) is 4.57 Å². The van der Waals surface area contributed by atoms with Gasteiger partial charge in [-0.15, -0.1) is 0 Å². The van der Waals surface area contributed by atoms with E-state index in [-0.39, 0.29) is 6.79 Å². The Hall–Kier alpha value is -3.25. The zero-order valence-corrected chi connectivity index (χ0v) is 19.1. The molecule has 0 N–H and O–H groups in total. The van der Waals surface area contributed by atoms with Crippen molar-refractivity contribution in [2.75, 3.05) is 13.9 Å². The van der Waals surface area contributed by atoms with Crippen molar-refractivity contribution in [1.82, 2.24) is 0 Å². The molecule has 32 heavy (non-hydrogen) atoms. The van der Waals surface area contributed by atoms with Crippen LogP contribution in [0.5, 0.6) is 23.0 Å². The van der Waals surface area contributed by atoms with Crippen LogP contribution in [0, 0.1) is 0 Å². The summed E-state index contributed by atoms with van der Waals surface area (Å²) < 4.78 is 26.5. The second-order valence-corrected chi connectivity index (χ2v) is 8.90. The summed E-state index contributed by atoms with van der Waals surface area (Å²) in [5.74, 6) is 3.14. The number of methoxy groups -OCH3 is 1. The quantitative estimate of drug-likeness (QED) is 0.357. The highest BCUT2D eigenvalue weighted by Crippen LogP contribution is 2.41. The number of aryl methyl sites for hydroxylation is 2. The first-order valence-electron chi connectivity index (χ1n) is 10.5. The van der Waals surface area contributed by atoms with Gasteiger partial charge in [0.2, 0.25) is 12.5 Å². The third kappa shape index (κ3) is 3.26. The number of aromatic nitrogens is 1. The fourth-order valence-electron chi connectivity index (χ4n) is 4.49. The smallest absolute Gasteiger partial charge is 0.231 e. The standard InChI is InChI=1S/C26H21BrNO4/c1-29-23-6-5-17-10-22-20-12-25-24(31-15-32-25)11-18(20)7-8-28(22)13-21(17)26(23)30-14-16-3-2-4-19(27)9-16/h2-6,9-13H,7-8,14-15H2,1H3/q+1. The van der Waals surface area contributed by atoms with E-state index < -0.39 is 0 Å². The van der Waals surface area contributed by atoms with Gasteiger partial charge in [0.25, 0.3) is 0 Å². The number of halogens is 1. The fourth-order valence-corrected chi connectivity index (χ4v) is 4.94. The number of ether oxygens (including phenoxy) is 4. The largest absolute Gasteiger partial charge is 0.493 e. The zero-order chi connectivity index (χ0) is 21.7. The van der Waals surface area contributed by atoms with Crippen LogP contribution in [-0.2, 0) is 19.6 Å². The summed E-state index contributed by atoms with van der Waals surface area (Å²) in [5, 5.41) is 2.14. The van der Waals surface area contributed by atoms with Gasteiger partial charge in [-0.3, -0.25) is 0 Å². The highest BCUT2D eigenvalue weighted by atomic mass is 79.9. The van der Waals surface area contributed by atoms with Crippen LogP contribution < -0.4 is 23.5 Å². The van der Waals surface area contributed by atoms with Gasteiger partial charge in [0, 0.05) is 17.0 Å². The third-order valence-electron chi connectivity index (χ3n) is 6.07. The van der Waals surface area contributed by atoms with Crippen LogP contribution in [0.4, 0.5) is 0 Å². The SMILES string of the molecule is COc1ccc2cc3[n+](cc2c1OCc1cccc(Br)c1)CCc1cc2c(cc1-3)OCO2. The first-order valence-corrected chi connectivity index (χ1v) is 11.3. The molecule has 4 aromatic rings. The number of rotatable bonds is 4. The van der Waals surface area contributed by atoms with E-state index in [1.807, 2.05) is 18.2 Å². The van der Waals surface area contributed by atoms with Crippen LogP contribution in [0.3, 0.4) is 0 Å². The molecule has 5 nitrogen and oxygen atoms in total. The molecule has 0 aliphatic carbocycles. The van der Waals surface area contributed by atoms with Crippen molar-refractivity contribution in [2.45, 2.75) is 19.6 Å². The molecule has 3 heterocycles. The number of hydrogen-bond donors (Lipinski definition) is 0. The average Bonchev–Trinajstić information content (AvgIpc) is 3.27. The van der Waals surface area contributed by atoms with E-state index in [2.05, 4.69) is 63.1 Å². The van der Waals surface area contributed by atoms with Crippen molar-refractivity contribution in [2.24, 2.45) is 0 Å². The molecule has 0 saturated carbocycles. The molecule has 160 valence electrons. The van der Waals surface area contributed by atoms with Crippen LogP contribution in [-0.4, -0.2) is 13.9 Å². The molecule has 0 spiro atoms. The van der Waals surface area contributed by atoms with Crippen LogP contribution in [0.15, 0.2) is 65.3 Å². The highest BCUT2D eigenvalue weighted by molar-refractivity contribution is 9.10. The van der Waals surface area contributed by atoms with Crippen LogP contribution in [0.1, 0.15) is 11.1 Å². The Balaban J connectivity index is 1.44. The molecule has 2 aliphatic rings. The van der Waals surface area contributed by atoms with E-state index in [4.69, 9.17) is 18.9 Å². The van der Waals surface area contributed by atoms with Crippen molar-refractivity contribution in [3.05, 3.63) is 76.4 Å². The first kappa shape index (κ1) is 19.4. The number of nitrogens with zero attached hydrogens (tertiary/aromatic N) is 1. The summed E-state index contributed by atoms with van der Waals surface area (Å²) in [6.45, 7) is 1.64.